The normalized spacial score (nSPS) is 13.4. The summed E-state index contributed by atoms with van der Waals surface area (Å²) in [5.74, 6) is -0.0483. The van der Waals surface area contributed by atoms with E-state index in [0.29, 0.717) is 11.3 Å². The molecule has 84 valence electrons. The van der Waals surface area contributed by atoms with Gasteiger partial charge in [0, 0.05) is 18.0 Å². The van der Waals surface area contributed by atoms with Crippen LogP contribution in [-0.4, -0.2) is 15.8 Å². The summed E-state index contributed by atoms with van der Waals surface area (Å²) in [6.45, 7) is 0. The average Bonchev–Trinajstić information content (AvgIpc) is 2.86. The Morgan fingerprint density at radius 2 is 2.00 bits per heavy atom. The Labute approximate surface area is 99.5 Å². The first-order valence-corrected chi connectivity index (χ1v) is 5.77. The van der Waals surface area contributed by atoms with Crippen LogP contribution in [0.2, 0.25) is 0 Å². The third kappa shape index (κ3) is 1.84. The summed E-state index contributed by atoms with van der Waals surface area (Å²) < 4.78 is 0. The topological polar surface area (TPSA) is 42.9 Å². The lowest BCUT2D eigenvalue weighted by Gasteiger charge is -2.03. The third-order valence-corrected chi connectivity index (χ3v) is 3.16. The van der Waals surface area contributed by atoms with Gasteiger partial charge in [-0.2, -0.15) is 0 Å². The molecule has 1 aromatic carbocycles. The molecule has 3 rings (SSSR count). The van der Waals surface area contributed by atoms with Gasteiger partial charge in [-0.15, -0.1) is 0 Å². The number of carbonyl (C=O) groups excluding carboxylic acids is 1. The average molecular weight is 224 g/mol. The molecule has 0 bridgehead atoms. The molecule has 0 fully saturated rings. The number of nitrogens with zero attached hydrogens (tertiary/aromatic N) is 2. The highest BCUT2D eigenvalue weighted by atomic mass is 16.1. The van der Waals surface area contributed by atoms with Gasteiger partial charge in [0.1, 0.15) is 5.69 Å². The molecule has 0 saturated heterocycles. The predicted octanol–water partition coefficient (Wildman–Crippen LogP) is 2.20. The number of hydrogen-bond acceptors (Lipinski definition) is 3. The van der Waals surface area contributed by atoms with Gasteiger partial charge in [0.15, 0.2) is 0 Å². The summed E-state index contributed by atoms with van der Waals surface area (Å²) in [4.78, 5) is 20.1. The Bertz CT molecular complexity index is 564. The van der Waals surface area contributed by atoms with Gasteiger partial charge < -0.3 is 0 Å². The van der Waals surface area contributed by atoms with Crippen LogP contribution in [0.4, 0.5) is 0 Å². The molecule has 1 aromatic heterocycles. The zero-order chi connectivity index (χ0) is 11.7. The van der Waals surface area contributed by atoms with Crippen molar-refractivity contribution in [3.63, 3.8) is 0 Å². The minimum absolute atomic E-state index is 0.0483. The number of fused-ring (bicyclic) bond motifs is 1. The smallest absolute Gasteiger partial charge is 0.212 e. The molecule has 0 N–H and O–H groups in total. The van der Waals surface area contributed by atoms with E-state index in [-0.39, 0.29) is 5.78 Å². The number of aromatic nitrogens is 2. The minimum atomic E-state index is -0.0483. The van der Waals surface area contributed by atoms with E-state index in [2.05, 4.69) is 16.0 Å². The van der Waals surface area contributed by atoms with E-state index in [1.54, 1.807) is 12.4 Å². The standard InChI is InChI=1S/C14H12N2O/c17-14(13-9-15-6-7-16-13)12-5-4-10-2-1-3-11(10)8-12/h4-9H,1-3H2. The van der Waals surface area contributed by atoms with Crippen LogP contribution < -0.4 is 0 Å². The maximum atomic E-state index is 12.1. The van der Waals surface area contributed by atoms with E-state index in [4.69, 9.17) is 0 Å². The highest BCUT2D eigenvalue weighted by Crippen LogP contribution is 2.23. The largest absolute Gasteiger partial charge is 0.287 e. The molecular weight excluding hydrogens is 212 g/mol. The van der Waals surface area contributed by atoms with Crippen molar-refractivity contribution in [3.05, 3.63) is 59.2 Å². The minimum Gasteiger partial charge on any atom is -0.287 e. The predicted molar refractivity (Wildman–Crippen MR) is 63.9 cm³/mol. The van der Waals surface area contributed by atoms with Crippen molar-refractivity contribution in [1.29, 1.82) is 0 Å². The van der Waals surface area contributed by atoms with Crippen LogP contribution in [0.5, 0.6) is 0 Å². The van der Waals surface area contributed by atoms with Gasteiger partial charge in [-0.05, 0) is 36.5 Å². The Hall–Kier alpha value is -2.03. The van der Waals surface area contributed by atoms with E-state index in [9.17, 15) is 4.79 Å². The lowest BCUT2D eigenvalue weighted by atomic mass is 10.0. The summed E-state index contributed by atoms with van der Waals surface area (Å²) in [7, 11) is 0. The SMILES string of the molecule is O=C(c1ccc2c(c1)CCC2)c1cnccn1. The molecule has 0 spiro atoms. The molecule has 1 aliphatic rings. The maximum Gasteiger partial charge on any atom is 0.212 e. The zero-order valence-corrected chi connectivity index (χ0v) is 9.39. The van der Waals surface area contributed by atoms with Crippen LogP contribution in [0.1, 0.15) is 33.6 Å². The molecule has 0 saturated carbocycles. The van der Waals surface area contributed by atoms with Crippen LogP contribution in [0.3, 0.4) is 0 Å². The highest BCUT2D eigenvalue weighted by molar-refractivity contribution is 6.07. The van der Waals surface area contributed by atoms with E-state index < -0.39 is 0 Å². The van der Waals surface area contributed by atoms with Crippen molar-refractivity contribution >= 4 is 5.78 Å². The zero-order valence-electron chi connectivity index (χ0n) is 9.39. The van der Waals surface area contributed by atoms with E-state index in [1.807, 2.05) is 12.1 Å². The monoisotopic (exact) mass is 224 g/mol. The van der Waals surface area contributed by atoms with Crippen LogP contribution in [0.15, 0.2) is 36.8 Å². The summed E-state index contributed by atoms with van der Waals surface area (Å²) >= 11 is 0. The Morgan fingerprint density at radius 3 is 2.82 bits per heavy atom. The van der Waals surface area contributed by atoms with Gasteiger partial charge in [-0.3, -0.25) is 9.78 Å². The van der Waals surface area contributed by atoms with Gasteiger partial charge in [0.2, 0.25) is 5.78 Å². The lowest BCUT2D eigenvalue weighted by molar-refractivity contribution is 0.103. The summed E-state index contributed by atoms with van der Waals surface area (Å²) in [5, 5.41) is 0. The van der Waals surface area contributed by atoms with Crippen LogP contribution >= 0.6 is 0 Å². The summed E-state index contributed by atoms with van der Waals surface area (Å²) in [6, 6.07) is 5.95. The fourth-order valence-electron chi connectivity index (χ4n) is 2.28. The second-order valence-corrected chi connectivity index (χ2v) is 4.26. The quantitative estimate of drug-likeness (QED) is 0.734. The van der Waals surface area contributed by atoms with Crippen molar-refractivity contribution in [2.45, 2.75) is 19.3 Å². The lowest BCUT2D eigenvalue weighted by Crippen LogP contribution is -2.05. The number of benzene rings is 1. The van der Waals surface area contributed by atoms with Crippen molar-refractivity contribution in [2.75, 3.05) is 0 Å². The maximum absolute atomic E-state index is 12.1. The van der Waals surface area contributed by atoms with Gasteiger partial charge in [-0.1, -0.05) is 12.1 Å². The van der Waals surface area contributed by atoms with E-state index >= 15 is 0 Å². The fourth-order valence-corrected chi connectivity index (χ4v) is 2.28. The molecule has 0 amide bonds. The molecule has 17 heavy (non-hydrogen) atoms. The molecule has 3 heteroatoms. The Kier molecular flexibility index (Phi) is 2.44. The Balaban J connectivity index is 1.97. The highest BCUT2D eigenvalue weighted by Gasteiger charge is 2.15. The molecule has 2 aromatic rings. The van der Waals surface area contributed by atoms with E-state index in [0.717, 1.165) is 12.8 Å². The third-order valence-electron chi connectivity index (χ3n) is 3.16. The molecule has 0 atom stereocenters. The molecule has 3 nitrogen and oxygen atoms in total. The van der Waals surface area contributed by atoms with Crippen LogP contribution in [0, 0.1) is 0 Å². The second-order valence-electron chi connectivity index (χ2n) is 4.26. The molecule has 0 aliphatic heterocycles. The Morgan fingerprint density at radius 1 is 1.12 bits per heavy atom. The van der Waals surface area contributed by atoms with Gasteiger partial charge >= 0.3 is 0 Å². The van der Waals surface area contributed by atoms with E-state index in [1.165, 1.54) is 23.7 Å². The molecular formula is C14H12N2O. The van der Waals surface area contributed by atoms with Crippen molar-refractivity contribution in [3.8, 4) is 0 Å². The van der Waals surface area contributed by atoms with Crippen molar-refractivity contribution in [2.24, 2.45) is 0 Å². The molecule has 0 unspecified atom stereocenters. The van der Waals surface area contributed by atoms with Crippen molar-refractivity contribution in [1.82, 2.24) is 9.97 Å². The second kappa shape index (κ2) is 4.09. The summed E-state index contributed by atoms with van der Waals surface area (Å²) in [6.07, 6.45) is 8.03. The first-order valence-electron chi connectivity index (χ1n) is 5.77. The fraction of sp³-hybridized carbons (Fsp3) is 0.214. The van der Waals surface area contributed by atoms with Gasteiger partial charge in [-0.25, -0.2) is 4.98 Å². The number of carbonyl (C=O) groups is 1. The molecule has 1 aliphatic carbocycles. The van der Waals surface area contributed by atoms with Gasteiger partial charge in [0.05, 0.1) is 6.20 Å². The summed E-state index contributed by atoms with van der Waals surface area (Å²) in [5.41, 5.74) is 3.80. The molecule has 1 heterocycles. The molecule has 0 radical (unpaired) electrons. The number of ketones is 1. The first-order chi connectivity index (χ1) is 8.34. The number of aryl methyl sites for hydroxylation is 2. The first kappa shape index (κ1) is 10.1. The van der Waals surface area contributed by atoms with Gasteiger partial charge in [0.25, 0.3) is 0 Å². The van der Waals surface area contributed by atoms with Crippen LogP contribution in [-0.2, 0) is 12.8 Å². The number of rotatable bonds is 2. The number of hydrogen-bond donors (Lipinski definition) is 0. The van der Waals surface area contributed by atoms with Crippen molar-refractivity contribution < 1.29 is 4.79 Å². The van der Waals surface area contributed by atoms with Crippen LogP contribution in [0.25, 0.3) is 0 Å².